The second-order valence-corrected chi connectivity index (χ2v) is 5.59. The SMILES string of the molecule is CC(O)C(C)OC1(C#N)CCCCC1(C)C. The maximum absolute atomic E-state index is 9.50. The third kappa shape index (κ3) is 2.39. The van der Waals surface area contributed by atoms with Gasteiger partial charge in [-0.2, -0.15) is 5.26 Å². The maximum atomic E-state index is 9.50. The quantitative estimate of drug-likeness (QED) is 0.803. The zero-order valence-corrected chi connectivity index (χ0v) is 10.8. The number of aliphatic hydroxyl groups is 1. The van der Waals surface area contributed by atoms with Crippen LogP contribution in [0.2, 0.25) is 0 Å². The van der Waals surface area contributed by atoms with E-state index in [1.165, 1.54) is 0 Å². The summed E-state index contributed by atoms with van der Waals surface area (Å²) in [5, 5.41) is 18.9. The summed E-state index contributed by atoms with van der Waals surface area (Å²) in [6, 6.07) is 2.36. The lowest BCUT2D eigenvalue weighted by atomic mass is 9.66. The molecule has 0 radical (unpaired) electrons. The van der Waals surface area contributed by atoms with E-state index in [-0.39, 0.29) is 11.5 Å². The van der Waals surface area contributed by atoms with Crippen LogP contribution in [0.1, 0.15) is 53.4 Å². The Morgan fingerprint density at radius 2 is 1.81 bits per heavy atom. The van der Waals surface area contributed by atoms with Gasteiger partial charge in [0.05, 0.1) is 18.3 Å². The van der Waals surface area contributed by atoms with Crippen molar-refractivity contribution in [3.63, 3.8) is 0 Å². The van der Waals surface area contributed by atoms with Gasteiger partial charge in [-0.25, -0.2) is 0 Å². The van der Waals surface area contributed by atoms with E-state index in [0.29, 0.717) is 0 Å². The van der Waals surface area contributed by atoms with E-state index < -0.39 is 11.7 Å². The fourth-order valence-corrected chi connectivity index (χ4v) is 2.35. The minimum Gasteiger partial charge on any atom is -0.391 e. The summed E-state index contributed by atoms with van der Waals surface area (Å²) < 4.78 is 5.89. The van der Waals surface area contributed by atoms with E-state index in [1.807, 2.05) is 6.92 Å². The van der Waals surface area contributed by atoms with Crippen molar-refractivity contribution in [2.45, 2.75) is 71.2 Å². The zero-order chi connectivity index (χ0) is 12.4. The Hall–Kier alpha value is -0.590. The lowest BCUT2D eigenvalue weighted by Crippen LogP contribution is -2.51. The Labute approximate surface area is 98.4 Å². The van der Waals surface area contributed by atoms with Crippen LogP contribution in [0.5, 0.6) is 0 Å². The Balaban J connectivity index is 2.88. The van der Waals surface area contributed by atoms with Crippen LogP contribution in [0, 0.1) is 16.7 Å². The number of hydrogen-bond donors (Lipinski definition) is 1. The smallest absolute Gasteiger partial charge is 0.159 e. The summed E-state index contributed by atoms with van der Waals surface area (Å²) in [5.41, 5.74) is -0.870. The van der Waals surface area contributed by atoms with Crippen LogP contribution in [0.4, 0.5) is 0 Å². The zero-order valence-electron chi connectivity index (χ0n) is 10.8. The summed E-state index contributed by atoms with van der Waals surface area (Å²) in [7, 11) is 0. The van der Waals surface area contributed by atoms with Gasteiger partial charge >= 0.3 is 0 Å². The fraction of sp³-hybridized carbons (Fsp3) is 0.923. The molecular weight excluding hydrogens is 202 g/mol. The molecule has 1 aliphatic rings. The fourth-order valence-electron chi connectivity index (χ4n) is 2.35. The number of hydrogen-bond acceptors (Lipinski definition) is 3. The van der Waals surface area contributed by atoms with Crippen molar-refractivity contribution in [3.05, 3.63) is 0 Å². The van der Waals surface area contributed by atoms with Crippen molar-refractivity contribution in [2.24, 2.45) is 5.41 Å². The van der Waals surface area contributed by atoms with Crippen LogP contribution in [-0.2, 0) is 4.74 Å². The molecule has 0 aromatic carbocycles. The van der Waals surface area contributed by atoms with Crippen LogP contribution in [0.15, 0.2) is 0 Å². The van der Waals surface area contributed by atoms with Crippen molar-refractivity contribution in [2.75, 3.05) is 0 Å². The number of nitriles is 1. The normalized spacial score (nSPS) is 32.8. The van der Waals surface area contributed by atoms with Gasteiger partial charge in [-0.15, -0.1) is 0 Å². The van der Waals surface area contributed by atoms with Gasteiger partial charge in [0.2, 0.25) is 0 Å². The topological polar surface area (TPSA) is 53.2 Å². The summed E-state index contributed by atoms with van der Waals surface area (Å²) in [6.07, 6.45) is 3.13. The molecule has 1 aliphatic carbocycles. The number of rotatable bonds is 3. The third-order valence-corrected chi connectivity index (χ3v) is 3.92. The first kappa shape index (κ1) is 13.5. The van der Waals surface area contributed by atoms with Crippen molar-refractivity contribution in [3.8, 4) is 6.07 Å². The van der Waals surface area contributed by atoms with Crippen molar-refractivity contribution in [1.29, 1.82) is 5.26 Å². The van der Waals surface area contributed by atoms with Gasteiger partial charge in [-0.1, -0.05) is 20.3 Å². The number of nitrogens with zero attached hydrogens (tertiary/aromatic N) is 1. The highest BCUT2D eigenvalue weighted by molar-refractivity contribution is 5.12. The van der Waals surface area contributed by atoms with Gasteiger partial charge in [-0.3, -0.25) is 0 Å². The van der Waals surface area contributed by atoms with Gasteiger partial charge in [0.25, 0.3) is 0 Å². The molecule has 3 unspecified atom stereocenters. The minimum atomic E-state index is -0.734. The third-order valence-electron chi connectivity index (χ3n) is 3.92. The van der Waals surface area contributed by atoms with Crippen molar-refractivity contribution >= 4 is 0 Å². The van der Waals surface area contributed by atoms with Gasteiger partial charge in [0.15, 0.2) is 5.60 Å². The molecule has 3 heteroatoms. The highest BCUT2D eigenvalue weighted by Gasteiger charge is 2.49. The average Bonchev–Trinajstić information content (AvgIpc) is 2.20. The largest absolute Gasteiger partial charge is 0.391 e. The molecule has 16 heavy (non-hydrogen) atoms. The molecule has 0 bridgehead atoms. The number of aliphatic hydroxyl groups excluding tert-OH is 1. The monoisotopic (exact) mass is 225 g/mol. The molecule has 1 fully saturated rings. The van der Waals surface area contributed by atoms with Crippen LogP contribution < -0.4 is 0 Å². The van der Waals surface area contributed by atoms with Gasteiger partial charge in [0.1, 0.15) is 0 Å². The molecule has 0 amide bonds. The molecule has 0 aliphatic heterocycles. The van der Waals surface area contributed by atoms with Crippen LogP contribution in [0.3, 0.4) is 0 Å². The molecule has 0 saturated heterocycles. The Morgan fingerprint density at radius 1 is 1.25 bits per heavy atom. The molecule has 1 rings (SSSR count). The van der Waals surface area contributed by atoms with E-state index in [2.05, 4.69) is 19.9 Å². The molecule has 1 saturated carbocycles. The van der Waals surface area contributed by atoms with Crippen LogP contribution in [0.25, 0.3) is 0 Å². The molecule has 3 nitrogen and oxygen atoms in total. The van der Waals surface area contributed by atoms with E-state index in [1.54, 1.807) is 6.92 Å². The first-order valence-electron chi connectivity index (χ1n) is 6.12. The lowest BCUT2D eigenvalue weighted by Gasteiger charge is -2.46. The maximum Gasteiger partial charge on any atom is 0.159 e. The number of ether oxygens (including phenoxy) is 1. The Kier molecular flexibility index (Phi) is 3.98. The molecule has 0 heterocycles. The summed E-state index contributed by atoms with van der Waals surface area (Å²) >= 11 is 0. The lowest BCUT2D eigenvalue weighted by molar-refractivity contribution is -0.160. The average molecular weight is 225 g/mol. The summed E-state index contributed by atoms with van der Waals surface area (Å²) in [4.78, 5) is 0. The Morgan fingerprint density at radius 3 is 2.25 bits per heavy atom. The minimum absolute atomic E-state index is 0.136. The van der Waals surface area contributed by atoms with E-state index in [4.69, 9.17) is 4.74 Å². The van der Waals surface area contributed by atoms with Gasteiger partial charge in [0, 0.05) is 5.41 Å². The second-order valence-electron chi connectivity index (χ2n) is 5.59. The highest BCUT2D eigenvalue weighted by atomic mass is 16.5. The molecular formula is C13H23NO2. The van der Waals surface area contributed by atoms with Gasteiger partial charge in [-0.05, 0) is 33.1 Å². The van der Waals surface area contributed by atoms with Crippen LogP contribution >= 0.6 is 0 Å². The molecule has 0 spiro atoms. The standard InChI is InChI=1S/C13H23NO2/c1-10(15)11(2)16-13(9-14)8-6-5-7-12(13,3)4/h10-11,15H,5-8H2,1-4H3. The second kappa shape index (κ2) is 4.73. The van der Waals surface area contributed by atoms with E-state index >= 15 is 0 Å². The Bertz CT molecular complexity index is 280. The van der Waals surface area contributed by atoms with Crippen molar-refractivity contribution < 1.29 is 9.84 Å². The summed E-state index contributed by atoms with van der Waals surface area (Å²) in [5.74, 6) is 0. The van der Waals surface area contributed by atoms with Crippen LogP contribution in [-0.4, -0.2) is 22.9 Å². The molecule has 0 aromatic rings. The molecule has 1 N–H and O–H groups in total. The van der Waals surface area contributed by atoms with E-state index in [9.17, 15) is 10.4 Å². The highest BCUT2D eigenvalue weighted by Crippen LogP contribution is 2.46. The van der Waals surface area contributed by atoms with Crippen molar-refractivity contribution in [1.82, 2.24) is 0 Å². The molecule has 0 aromatic heterocycles. The van der Waals surface area contributed by atoms with E-state index in [0.717, 1.165) is 25.7 Å². The molecule has 3 atom stereocenters. The molecule has 92 valence electrons. The predicted octanol–water partition coefficient (Wildman–Crippen LogP) is 2.63. The first-order chi connectivity index (χ1) is 7.34. The summed E-state index contributed by atoms with van der Waals surface area (Å²) in [6.45, 7) is 7.70. The van der Waals surface area contributed by atoms with Gasteiger partial charge < -0.3 is 9.84 Å². The predicted molar refractivity (Wildman–Crippen MR) is 62.8 cm³/mol. The first-order valence-corrected chi connectivity index (χ1v) is 6.12.